The van der Waals surface area contributed by atoms with Crippen molar-refractivity contribution >= 4 is 0 Å². The van der Waals surface area contributed by atoms with Gasteiger partial charge in [-0.25, -0.2) is 0 Å². The molecule has 13 nitrogen and oxygen atoms in total. The van der Waals surface area contributed by atoms with Crippen LogP contribution in [0.25, 0.3) is 0 Å². The third kappa shape index (κ3) is 53.2. The van der Waals surface area contributed by atoms with Crippen LogP contribution in [-0.4, -0.2) is 165 Å². The molecule has 13 heteroatoms. The molecule has 0 unspecified atom stereocenters. The smallest absolute Gasteiger partial charge is 0.0701 e. The molecular formula is C42H85NO12. The van der Waals surface area contributed by atoms with Crippen LogP contribution in [0.4, 0.5) is 0 Å². The third-order valence-corrected chi connectivity index (χ3v) is 8.15. The van der Waals surface area contributed by atoms with Crippen LogP contribution in [-0.2, 0) is 56.8 Å². The zero-order valence-electron chi connectivity index (χ0n) is 35.2. The molecule has 0 spiro atoms. The molecule has 0 rings (SSSR count). The van der Waals surface area contributed by atoms with Gasteiger partial charge >= 0.3 is 0 Å². The van der Waals surface area contributed by atoms with Crippen molar-refractivity contribution in [3.63, 3.8) is 0 Å². The summed E-state index contributed by atoms with van der Waals surface area (Å²) < 4.78 is 65.8. The molecule has 0 aliphatic carbocycles. The minimum Gasteiger partial charge on any atom is -0.379 e. The molecule has 0 atom stereocenters. The van der Waals surface area contributed by atoms with E-state index in [2.05, 4.69) is 19.1 Å². The molecule has 330 valence electrons. The molecular weight excluding hydrogens is 710 g/mol. The monoisotopic (exact) mass is 796 g/mol. The van der Waals surface area contributed by atoms with Crippen molar-refractivity contribution in [2.45, 2.75) is 96.8 Å². The highest BCUT2D eigenvalue weighted by Crippen LogP contribution is 2.11. The molecule has 0 fully saturated rings. The number of unbranched alkanes of at least 4 members (excludes halogenated alkanes) is 12. The number of nitrogens with two attached hydrogens (primary N) is 1. The Morgan fingerprint density at radius 3 is 0.745 bits per heavy atom. The molecule has 0 bridgehead atoms. The summed E-state index contributed by atoms with van der Waals surface area (Å²) in [7, 11) is 0. The highest BCUT2D eigenvalue weighted by Gasteiger charge is 1.97. The SMILES string of the molecule is CCCCCCCCCCC/C=C/CCCCCOCCOCCOCCOCCOCCOCCOCCOCCOCCOCCOCCOCCN. The molecule has 0 heterocycles. The van der Waals surface area contributed by atoms with E-state index in [0.717, 1.165) is 13.0 Å². The van der Waals surface area contributed by atoms with Crippen LogP contribution >= 0.6 is 0 Å². The Bertz CT molecular complexity index is 695. The van der Waals surface area contributed by atoms with Crippen molar-refractivity contribution in [1.29, 1.82) is 0 Å². The molecule has 0 aromatic rings. The first kappa shape index (κ1) is 54.2. The van der Waals surface area contributed by atoms with E-state index in [1.54, 1.807) is 0 Å². The lowest BCUT2D eigenvalue weighted by molar-refractivity contribution is -0.0283. The largest absolute Gasteiger partial charge is 0.379 e. The summed E-state index contributed by atoms with van der Waals surface area (Å²) in [5.74, 6) is 0. The summed E-state index contributed by atoms with van der Waals surface area (Å²) in [6.07, 6.45) is 23.3. The minimum atomic E-state index is 0.515. The maximum absolute atomic E-state index is 5.68. The number of ether oxygens (including phenoxy) is 12. The Kier molecular flexibility index (Phi) is 52.5. The molecule has 0 aromatic carbocycles. The second-order valence-corrected chi connectivity index (χ2v) is 13.1. The number of rotatable bonds is 51. The van der Waals surface area contributed by atoms with Gasteiger partial charge in [0.15, 0.2) is 0 Å². The quantitative estimate of drug-likeness (QED) is 0.0555. The maximum atomic E-state index is 5.68. The maximum Gasteiger partial charge on any atom is 0.0701 e. The average Bonchev–Trinajstić information content (AvgIpc) is 3.20. The van der Waals surface area contributed by atoms with Gasteiger partial charge in [-0.05, 0) is 32.1 Å². The predicted molar refractivity (Wildman–Crippen MR) is 218 cm³/mol. The van der Waals surface area contributed by atoms with Crippen LogP contribution in [0.15, 0.2) is 12.2 Å². The van der Waals surface area contributed by atoms with E-state index < -0.39 is 0 Å². The zero-order valence-corrected chi connectivity index (χ0v) is 35.2. The lowest BCUT2D eigenvalue weighted by Gasteiger charge is -2.09. The summed E-state index contributed by atoms with van der Waals surface area (Å²) in [5, 5.41) is 0. The van der Waals surface area contributed by atoms with Gasteiger partial charge in [-0.1, -0.05) is 76.9 Å². The normalized spacial score (nSPS) is 11.8. The Morgan fingerprint density at radius 1 is 0.255 bits per heavy atom. The molecule has 0 amide bonds. The first-order chi connectivity index (χ1) is 27.4. The Labute approximate surface area is 336 Å². The fourth-order valence-corrected chi connectivity index (χ4v) is 5.06. The average molecular weight is 796 g/mol. The van der Waals surface area contributed by atoms with Crippen molar-refractivity contribution in [2.75, 3.05) is 165 Å². The summed E-state index contributed by atoms with van der Waals surface area (Å²) in [6.45, 7) is 16.0. The lowest BCUT2D eigenvalue weighted by Crippen LogP contribution is -2.15. The summed E-state index contributed by atoms with van der Waals surface area (Å²) >= 11 is 0. The number of allylic oxidation sites excluding steroid dienone is 2. The molecule has 0 saturated carbocycles. The minimum absolute atomic E-state index is 0.515. The highest BCUT2D eigenvalue weighted by molar-refractivity contribution is 4.81. The fraction of sp³-hybridized carbons (Fsp3) is 0.952. The summed E-state index contributed by atoms with van der Waals surface area (Å²) in [5.41, 5.74) is 5.34. The fourth-order valence-electron chi connectivity index (χ4n) is 5.06. The number of hydrogen-bond acceptors (Lipinski definition) is 13. The second-order valence-electron chi connectivity index (χ2n) is 13.1. The van der Waals surface area contributed by atoms with Gasteiger partial charge in [0.1, 0.15) is 0 Å². The van der Waals surface area contributed by atoms with Crippen LogP contribution in [0.2, 0.25) is 0 Å². The van der Waals surface area contributed by atoms with E-state index >= 15 is 0 Å². The Morgan fingerprint density at radius 2 is 0.473 bits per heavy atom. The molecule has 0 aromatic heterocycles. The van der Waals surface area contributed by atoms with Gasteiger partial charge in [0.2, 0.25) is 0 Å². The van der Waals surface area contributed by atoms with Gasteiger partial charge in [0, 0.05) is 13.2 Å². The zero-order chi connectivity index (χ0) is 39.5. The van der Waals surface area contributed by atoms with Gasteiger partial charge < -0.3 is 62.6 Å². The Hall–Kier alpha value is -0.780. The molecule has 0 radical (unpaired) electrons. The van der Waals surface area contributed by atoms with Crippen LogP contribution in [0.3, 0.4) is 0 Å². The van der Waals surface area contributed by atoms with Crippen molar-refractivity contribution in [3.8, 4) is 0 Å². The van der Waals surface area contributed by atoms with Crippen molar-refractivity contribution in [1.82, 2.24) is 0 Å². The first-order valence-corrected chi connectivity index (χ1v) is 21.7. The number of hydrogen-bond donors (Lipinski definition) is 1. The van der Waals surface area contributed by atoms with E-state index in [-0.39, 0.29) is 0 Å². The third-order valence-electron chi connectivity index (χ3n) is 8.15. The van der Waals surface area contributed by atoms with Crippen LogP contribution in [0.5, 0.6) is 0 Å². The van der Waals surface area contributed by atoms with Gasteiger partial charge in [0.25, 0.3) is 0 Å². The van der Waals surface area contributed by atoms with Gasteiger partial charge in [-0.15, -0.1) is 0 Å². The first-order valence-electron chi connectivity index (χ1n) is 21.7. The van der Waals surface area contributed by atoms with E-state index in [1.807, 2.05) is 0 Å². The van der Waals surface area contributed by atoms with E-state index in [9.17, 15) is 0 Å². The van der Waals surface area contributed by atoms with Crippen molar-refractivity contribution < 1.29 is 56.8 Å². The molecule has 0 aliphatic rings. The van der Waals surface area contributed by atoms with E-state index in [1.165, 1.54) is 83.5 Å². The van der Waals surface area contributed by atoms with E-state index in [0.29, 0.717) is 159 Å². The molecule has 0 aliphatic heterocycles. The van der Waals surface area contributed by atoms with Crippen molar-refractivity contribution in [2.24, 2.45) is 5.73 Å². The van der Waals surface area contributed by atoms with Crippen LogP contribution in [0.1, 0.15) is 96.8 Å². The predicted octanol–water partition coefficient (Wildman–Crippen LogP) is 6.18. The standard InChI is InChI=1S/C42H85NO12/c1-2-3-4-5-6-7-8-9-10-11-12-13-14-15-16-17-19-44-21-23-46-25-27-48-29-31-50-33-35-52-37-39-54-41-42-55-40-38-53-36-34-51-32-30-49-28-26-47-24-22-45-20-18-43/h12-13H,2-11,14-43H2,1H3/b13-12+. The van der Waals surface area contributed by atoms with Gasteiger partial charge in [0.05, 0.1) is 152 Å². The molecule has 55 heavy (non-hydrogen) atoms. The van der Waals surface area contributed by atoms with Gasteiger partial charge in [-0.3, -0.25) is 0 Å². The highest BCUT2D eigenvalue weighted by atomic mass is 16.6. The topological polar surface area (TPSA) is 137 Å². The molecule has 0 saturated heterocycles. The second kappa shape index (κ2) is 53.2. The Balaban J connectivity index is 3.08. The van der Waals surface area contributed by atoms with E-state index in [4.69, 9.17) is 62.6 Å². The molecule has 2 N–H and O–H groups in total. The van der Waals surface area contributed by atoms with Crippen molar-refractivity contribution in [3.05, 3.63) is 12.2 Å². The lowest BCUT2D eigenvalue weighted by atomic mass is 10.1. The van der Waals surface area contributed by atoms with Gasteiger partial charge in [-0.2, -0.15) is 0 Å². The summed E-state index contributed by atoms with van der Waals surface area (Å²) in [6, 6.07) is 0. The van der Waals surface area contributed by atoms with Crippen LogP contribution in [0, 0.1) is 0 Å². The van der Waals surface area contributed by atoms with Crippen LogP contribution < -0.4 is 5.73 Å². The summed E-state index contributed by atoms with van der Waals surface area (Å²) in [4.78, 5) is 0.